The molecule has 1 fully saturated rings. The Morgan fingerprint density at radius 3 is 2.79 bits per heavy atom. The van der Waals surface area contributed by atoms with Crippen molar-refractivity contribution in [2.24, 2.45) is 5.73 Å². The summed E-state index contributed by atoms with van der Waals surface area (Å²) in [4.78, 5) is 33.0. The van der Waals surface area contributed by atoms with Crippen LogP contribution in [0.15, 0.2) is 6.20 Å². The van der Waals surface area contributed by atoms with E-state index in [0.717, 1.165) is 19.4 Å². The number of aromatic nitrogens is 2. The number of rotatable bonds is 2. The number of hydrogen-bond donors (Lipinski definition) is 1. The van der Waals surface area contributed by atoms with Gasteiger partial charge in [-0.3, -0.25) is 9.59 Å². The van der Waals surface area contributed by atoms with Crippen LogP contribution in [-0.2, 0) is 4.79 Å². The summed E-state index contributed by atoms with van der Waals surface area (Å²) in [6.45, 7) is 4.76. The van der Waals surface area contributed by atoms with Crippen molar-refractivity contribution < 1.29 is 9.59 Å². The molecule has 1 aromatic heterocycles. The zero-order valence-electron chi connectivity index (χ0n) is 11.2. The van der Waals surface area contributed by atoms with Gasteiger partial charge in [-0.1, -0.05) is 0 Å². The number of nitrogens with two attached hydrogens (primary N) is 1. The van der Waals surface area contributed by atoms with Gasteiger partial charge >= 0.3 is 0 Å². The molecule has 2 N–H and O–H groups in total. The molecule has 0 aliphatic carbocycles. The molecule has 2 rings (SSSR count). The third-order valence-electron chi connectivity index (χ3n) is 3.50. The van der Waals surface area contributed by atoms with Crippen molar-refractivity contribution in [2.75, 3.05) is 13.1 Å². The number of piperidine rings is 1. The van der Waals surface area contributed by atoms with E-state index in [-0.39, 0.29) is 11.8 Å². The largest absolute Gasteiger partial charge is 0.365 e. The normalized spacial score (nSPS) is 19.3. The first-order chi connectivity index (χ1) is 8.99. The molecule has 1 unspecified atom stereocenters. The van der Waals surface area contributed by atoms with E-state index in [2.05, 4.69) is 9.97 Å². The lowest BCUT2D eigenvalue weighted by atomic mass is 9.97. The van der Waals surface area contributed by atoms with Crippen LogP contribution in [0, 0.1) is 6.92 Å². The Hall–Kier alpha value is -1.98. The van der Waals surface area contributed by atoms with Gasteiger partial charge < -0.3 is 10.6 Å². The molecule has 1 aromatic rings. The number of likely N-dealkylation sites (tertiary alicyclic amines) is 1. The van der Waals surface area contributed by atoms with Crippen LogP contribution in [0.2, 0.25) is 0 Å². The summed E-state index contributed by atoms with van der Waals surface area (Å²) in [6.07, 6.45) is 3.38. The Balaban J connectivity index is 2.20. The molecule has 102 valence electrons. The Bertz CT molecular complexity index is 515. The number of aryl methyl sites for hydroxylation is 1. The van der Waals surface area contributed by atoms with Crippen LogP contribution >= 0.6 is 0 Å². The number of nitrogens with zero attached hydrogens (tertiary/aromatic N) is 3. The van der Waals surface area contributed by atoms with E-state index in [0.29, 0.717) is 23.6 Å². The predicted octanol–water partition coefficient (Wildman–Crippen LogP) is 0.610. The van der Waals surface area contributed by atoms with E-state index >= 15 is 0 Å². The van der Waals surface area contributed by atoms with E-state index in [1.54, 1.807) is 13.8 Å². The highest BCUT2D eigenvalue weighted by atomic mass is 16.2. The van der Waals surface area contributed by atoms with Crippen molar-refractivity contribution in [3.05, 3.63) is 23.3 Å². The number of carbonyl (C=O) groups is 2. The molecule has 1 aliphatic heterocycles. The molecule has 1 aliphatic rings. The molecule has 0 radical (unpaired) electrons. The van der Waals surface area contributed by atoms with Crippen LogP contribution in [0.1, 0.15) is 47.6 Å². The van der Waals surface area contributed by atoms with Gasteiger partial charge in [-0.15, -0.1) is 0 Å². The summed E-state index contributed by atoms with van der Waals surface area (Å²) in [5.41, 5.74) is 6.18. The number of hydrogen-bond acceptors (Lipinski definition) is 4. The topological polar surface area (TPSA) is 89.2 Å². The van der Waals surface area contributed by atoms with Gasteiger partial charge in [0.15, 0.2) is 0 Å². The van der Waals surface area contributed by atoms with Gasteiger partial charge in [-0.25, -0.2) is 9.97 Å². The molecule has 0 saturated carbocycles. The van der Waals surface area contributed by atoms with Crippen LogP contribution in [0.25, 0.3) is 0 Å². The van der Waals surface area contributed by atoms with Gasteiger partial charge in [0, 0.05) is 32.1 Å². The van der Waals surface area contributed by atoms with E-state index in [9.17, 15) is 9.59 Å². The van der Waals surface area contributed by atoms with Crippen molar-refractivity contribution in [3.63, 3.8) is 0 Å². The highest BCUT2D eigenvalue weighted by Crippen LogP contribution is 2.24. The fraction of sp³-hybridized carbons (Fsp3) is 0.538. The zero-order chi connectivity index (χ0) is 14.0. The predicted molar refractivity (Wildman–Crippen MR) is 69.5 cm³/mol. The monoisotopic (exact) mass is 262 g/mol. The van der Waals surface area contributed by atoms with Crippen LogP contribution in [0.5, 0.6) is 0 Å². The first kappa shape index (κ1) is 13.5. The number of primary amides is 1. The minimum Gasteiger partial charge on any atom is -0.365 e. The minimum absolute atomic E-state index is 0.0789. The molecule has 2 heterocycles. The third-order valence-corrected chi connectivity index (χ3v) is 3.50. The molecular formula is C13H18N4O2. The number of amides is 2. The first-order valence-corrected chi connectivity index (χ1v) is 6.38. The smallest absolute Gasteiger partial charge is 0.252 e. The Labute approximate surface area is 112 Å². The highest BCUT2D eigenvalue weighted by Gasteiger charge is 2.25. The summed E-state index contributed by atoms with van der Waals surface area (Å²) in [5, 5.41) is 0. The molecule has 1 atom stereocenters. The van der Waals surface area contributed by atoms with Gasteiger partial charge in [-0.2, -0.15) is 0 Å². The lowest BCUT2D eigenvalue weighted by molar-refractivity contribution is -0.130. The first-order valence-electron chi connectivity index (χ1n) is 6.38. The highest BCUT2D eigenvalue weighted by molar-refractivity contribution is 5.93. The molecular weight excluding hydrogens is 244 g/mol. The molecule has 6 heteroatoms. The van der Waals surface area contributed by atoms with Gasteiger partial charge in [0.25, 0.3) is 5.91 Å². The van der Waals surface area contributed by atoms with E-state index in [1.165, 1.54) is 6.20 Å². The summed E-state index contributed by atoms with van der Waals surface area (Å²) in [7, 11) is 0. The van der Waals surface area contributed by atoms with Gasteiger partial charge in [-0.05, 0) is 19.8 Å². The van der Waals surface area contributed by atoms with Crippen molar-refractivity contribution in [1.82, 2.24) is 14.9 Å². The lowest BCUT2D eigenvalue weighted by Crippen LogP contribution is -2.38. The fourth-order valence-corrected chi connectivity index (χ4v) is 2.40. The van der Waals surface area contributed by atoms with Crippen LogP contribution in [0.3, 0.4) is 0 Å². The molecule has 1 saturated heterocycles. The molecule has 0 aromatic carbocycles. The van der Waals surface area contributed by atoms with Crippen molar-refractivity contribution in [3.8, 4) is 0 Å². The van der Waals surface area contributed by atoms with Crippen molar-refractivity contribution in [1.29, 1.82) is 0 Å². The Kier molecular flexibility index (Phi) is 3.78. The zero-order valence-corrected chi connectivity index (χ0v) is 11.2. The SMILES string of the molecule is CC(=O)N1CCCC(c2ncc(C(N)=O)c(C)n2)C1. The maximum Gasteiger partial charge on any atom is 0.252 e. The third kappa shape index (κ3) is 2.89. The van der Waals surface area contributed by atoms with Crippen LogP contribution in [0.4, 0.5) is 0 Å². The summed E-state index contributed by atoms with van der Waals surface area (Å²) >= 11 is 0. The summed E-state index contributed by atoms with van der Waals surface area (Å²) in [5.74, 6) is 0.389. The molecule has 2 amide bonds. The molecule has 19 heavy (non-hydrogen) atoms. The Morgan fingerprint density at radius 1 is 1.47 bits per heavy atom. The minimum atomic E-state index is -0.516. The maximum absolute atomic E-state index is 11.4. The lowest BCUT2D eigenvalue weighted by Gasteiger charge is -2.31. The maximum atomic E-state index is 11.4. The second-order valence-electron chi connectivity index (χ2n) is 4.90. The van der Waals surface area contributed by atoms with Crippen molar-refractivity contribution >= 4 is 11.8 Å². The van der Waals surface area contributed by atoms with E-state index in [4.69, 9.17) is 5.73 Å². The molecule has 0 bridgehead atoms. The van der Waals surface area contributed by atoms with Gasteiger partial charge in [0.05, 0.1) is 11.3 Å². The second-order valence-corrected chi connectivity index (χ2v) is 4.90. The number of carbonyl (C=O) groups excluding carboxylic acids is 2. The van der Waals surface area contributed by atoms with Gasteiger partial charge in [0.1, 0.15) is 5.82 Å². The fourth-order valence-electron chi connectivity index (χ4n) is 2.40. The Morgan fingerprint density at radius 2 is 2.21 bits per heavy atom. The van der Waals surface area contributed by atoms with Gasteiger partial charge in [0.2, 0.25) is 5.91 Å². The molecule has 0 spiro atoms. The summed E-state index contributed by atoms with van der Waals surface area (Å²) in [6, 6.07) is 0. The van der Waals surface area contributed by atoms with Crippen molar-refractivity contribution in [2.45, 2.75) is 32.6 Å². The van der Waals surface area contributed by atoms with Crippen LogP contribution < -0.4 is 5.73 Å². The average Bonchev–Trinajstić information content (AvgIpc) is 2.38. The summed E-state index contributed by atoms with van der Waals surface area (Å²) < 4.78 is 0. The second kappa shape index (κ2) is 5.34. The molecule has 6 nitrogen and oxygen atoms in total. The van der Waals surface area contributed by atoms with Crippen LogP contribution in [-0.4, -0.2) is 39.8 Å². The van der Waals surface area contributed by atoms with E-state index in [1.807, 2.05) is 4.90 Å². The quantitative estimate of drug-likeness (QED) is 0.845. The average molecular weight is 262 g/mol. The standard InChI is InChI=1S/C13H18N4O2/c1-8-11(12(14)19)6-15-13(16-8)10-4-3-5-17(7-10)9(2)18/h6,10H,3-5,7H2,1-2H3,(H2,14,19). The van der Waals surface area contributed by atoms with E-state index < -0.39 is 5.91 Å².